The summed E-state index contributed by atoms with van der Waals surface area (Å²) in [4.78, 5) is 33.2. The highest BCUT2D eigenvalue weighted by Gasteiger charge is 2.34. The van der Waals surface area contributed by atoms with Gasteiger partial charge in [0.2, 0.25) is 5.91 Å². The number of hydrogen-bond acceptors (Lipinski definition) is 7. The fourth-order valence-corrected chi connectivity index (χ4v) is 4.59. The number of allylic oxidation sites excluding steroid dienone is 1. The Morgan fingerprint density at radius 2 is 1.83 bits per heavy atom. The Labute approximate surface area is 239 Å². The minimum atomic E-state index is -4.50. The number of hydrogen-bond donors (Lipinski definition) is 1. The highest BCUT2D eigenvalue weighted by Crippen LogP contribution is 2.32. The number of carbonyl (C=O) groups is 2. The van der Waals surface area contributed by atoms with Gasteiger partial charge in [0.15, 0.2) is 18.2 Å². The van der Waals surface area contributed by atoms with Gasteiger partial charge in [-0.1, -0.05) is 13.2 Å². The lowest BCUT2D eigenvalue weighted by Crippen LogP contribution is -2.51. The molecule has 1 atom stereocenters. The van der Waals surface area contributed by atoms with Crippen molar-refractivity contribution in [3.05, 3.63) is 72.8 Å². The topological polar surface area (TPSA) is 87.2 Å². The average molecular weight is 596 g/mol. The molecule has 0 bridgehead atoms. The molecule has 1 aromatic heterocycles. The lowest BCUT2D eigenvalue weighted by Gasteiger charge is -2.36. The molecule has 1 N–H and O–H groups in total. The highest BCUT2D eigenvalue weighted by molar-refractivity contribution is 5.90. The van der Waals surface area contributed by atoms with Crippen LogP contribution >= 0.6 is 0 Å². The second-order valence-corrected chi connectivity index (χ2v) is 9.80. The molecule has 4 rings (SSSR count). The molecule has 2 amide bonds. The van der Waals surface area contributed by atoms with E-state index in [1.54, 1.807) is 23.4 Å². The van der Waals surface area contributed by atoms with E-state index >= 15 is 8.78 Å². The summed E-state index contributed by atoms with van der Waals surface area (Å²) in [7, 11) is 0. The lowest BCUT2D eigenvalue weighted by molar-refractivity contribution is -0.165. The Morgan fingerprint density at radius 3 is 2.45 bits per heavy atom. The SMILES string of the molecule is C=C(CC[C@H]1CN(c2cc(F)c(N3CCN(C(=O)CNC(=C)c4cccnc4)CC3)c(F)c2)C(=O)O1)OCC(F)(F)F. The van der Waals surface area contributed by atoms with Crippen LogP contribution in [0.4, 0.5) is 38.1 Å². The summed E-state index contributed by atoms with van der Waals surface area (Å²) in [5.74, 6) is -2.07. The van der Waals surface area contributed by atoms with Gasteiger partial charge in [0.25, 0.3) is 0 Å². The lowest BCUT2D eigenvalue weighted by atomic mass is 10.1. The van der Waals surface area contributed by atoms with Crippen molar-refractivity contribution in [2.24, 2.45) is 0 Å². The first-order valence-corrected chi connectivity index (χ1v) is 13.1. The predicted octanol–water partition coefficient (Wildman–Crippen LogP) is 4.47. The first kappa shape index (κ1) is 30.6. The molecule has 0 spiro atoms. The van der Waals surface area contributed by atoms with E-state index in [0.717, 1.165) is 22.6 Å². The van der Waals surface area contributed by atoms with Crippen LogP contribution in [0.1, 0.15) is 18.4 Å². The minimum absolute atomic E-state index is 0.00672. The summed E-state index contributed by atoms with van der Waals surface area (Å²) in [5, 5.41) is 2.97. The molecule has 2 aliphatic rings. The smallest absolute Gasteiger partial charge is 0.422 e. The van der Waals surface area contributed by atoms with Crippen LogP contribution in [0.5, 0.6) is 0 Å². The van der Waals surface area contributed by atoms with E-state index in [9.17, 15) is 22.8 Å². The molecule has 0 radical (unpaired) electrons. The number of carbonyl (C=O) groups excluding carboxylic acids is 2. The summed E-state index contributed by atoms with van der Waals surface area (Å²) in [5.41, 5.74) is 0.980. The van der Waals surface area contributed by atoms with Crippen LogP contribution in [0, 0.1) is 11.6 Å². The maximum Gasteiger partial charge on any atom is 0.422 e. The summed E-state index contributed by atoms with van der Waals surface area (Å²) >= 11 is 0. The van der Waals surface area contributed by atoms with Gasteiger partial charge in [-0.15, -0.1) is 0 Å². The molecule has 1 aromatic carbocycles. The summed E-state index contributed by atoms with van der Waals surface area (Å²) in [6.07, 6.45) is -2.68. The average Bonchev–Trinajstić information content (AvgIpc) is 3.33. The Balaban J connectivity index is 1.28. The number of rotatable bonds is 11. The van der Waals surface area contributed by atoms with Crippen molar-refractivity contribution in [1.82, 2.24) is 15.2 Å². The Hall–Kier alpha value is -4.36. The van der Waals surface area contributed by atoms with Crippen molar-refractivity contribution >= 4 is 29.1 Å². The number of halogens is 5. The molecule has 0 unspecified atom stereocenters. The van der Waals surface area contributed by atoms with Gasteiger partial charge in [0, 0.05) is 68.4 Å². The predicted molar refractivity (Wildman–Crippen MR) is 144 cm³/mol. The van der Waals surface area contributed by atoms with Crippen molar-refractivity contribution in [3.63, 3.8) is 0 Å². The molecular weight excluding hydrogens is 565 g/mol. The first-order chi connectivity index (χ1) is 19.9. The second-order valence-electron chi connectivity index (χ2n) is 9.80. The van der Waals surface area contributed by atoms with E-state index in [1.807, 2.05) is 6.07 Å². The van der Waals surface area contributed by atoms with Crippen molar-refractivity contribution in [3.8, 4) is 0 Å². The van der Waals surface area contributed by atoms with Crippen molar-refractivity contribution in [1.29, 1.82) is 0 Å². The van der Waals surface area contributed by atoms with Gasteiger partial charge < -0.3 is 24.6 Å². The van der Waals surface area contributed by atoms with E-state index in [-0.39, 0.29) is 75.2 Å². The number of anilines is 2. The number of nitrogens with one attached hydrogen (secondary N) is 1. The summed E-state index contributed by atoms with van der Waals surface area (Å²) < 4.78 is 76.9. The third kappa shape index (κ3) is 7.89. The molecule has 14 heteroatoms. The molecular formula is C28H30F5N5O4. The number of pyridine rings is 1. The zero-order valence-corrected chi connectivity index (χ0v) is 22.6. The Morgan fingerprint density at radius 1 is 1.14 bits per heavy atom. The first-order valence-electron chi connectivity index (χ1n) is 13.1. The van der Waals surface area contributed by atoms with Gasteiger partial charge in [-0.25, -0.2) is 13.6 Å². The van der Waals surface area contributed by atoms with Crippen LogP contribution in [-0.4, -0.2) is 80.0 Å². The van der Waals surface area contributed by atoms with Crippen molar-refractivity contribution in [2.75, 3.05) is 55.7 Å². The van der Waals surface area contributed by atoms with Crippen LogP contribution in [0.3, 0.4) is 0 Å². The zero-order chi connectivity index (χ0) is 30.4. The Kier molecular flexibility index (Phi) is 9.53. The number of alkyl halides is 3. The molecule has 0 aliphatic carbocycles. The van der Waals surface area contributed by atoms with Gasteiger partial charge in [-0.3, -0.25) is 14.7 Å². The normalized spacial score (nSPS) is 17.2. The third-order valence-electron chi connectivity index (χ3n) is 6.78. The van der Waals surface area contributed by atoms with E-state index in [1.165, 1.54) is 4.90 Å². The number of cyclic esters (lactones) is 1. The molecule has 9 nitrogen and oxygen atoms in total. The monoisotopic (exact) mass is 595 g/mol. The molecule has 2 fully saturated rings. The van der Waals surface area contributed by atoms with Crippen LogP contribution in [0.15, 0.2) is 55.6 Å². The fourth-order valence-electron chi connectivity index (χ4n) is 4.59. The summed E-state index contributed by atoms with van der Waals surface area (Å²) in [6, 6.07) is 5.62. The molecule has 3 heterocycles. The number of aromatic nitrogens is 1. The van der Waals surface area contributed by atoms with Gasteiger partial charge >= 0.3 is 12.3 Å². The second kappa shape index (κ2) is 13.1. The van der Waals surface area contributed by atoms with Gasteiger partial charge in [0.1, 0.15) is 11.8 Å². The number of piperazine rings is 1. The largest absolute Gasteiger partial charge is 0.489 e. The quantitative estimate of drug-likeness (QED) is 0.303. The van der Waals surface area contributed by atoms with Gasteiger partial charge in [-0.05, 0) is 18.6 Å². The number of ether oxygens (including phenoxy) is 2. The van der Waals surface area contributed by atoms with E-state index in [2.05, 4.69) is 28.2 Å². The minimum Gasteiger partial charge on any atom is -0.489 e. The molecule has 226 valence electrons. The van der Waals surface area contributed by atoms with E-state index < -0.39 is 36.6 Å². The van der Waals surface area contributed by atoms with Crippen LogP contribution in [0.2, 0.25) is 0 Å². The van der Waals surface area contributed by atoms with Crippen LogP contribution in [0.25, 0.3) is 5.70 Å². The van der Waals surface area contributed by atoms with Crippen molar-refractivity contribution in [2.45, 2.75) is 25.1 Å². The highest BCUT2D eigenvalue weighted by atomic mass is 19.4. The maximum absolute atomic E-state index is 15.1. The molecule has 0 saturated carbocycles. The Bertz CT molecular complexity index is 1290. The van der Waals surface area contributed by atoms with E-state index in [0.29, 0.717) is 5.70 Å². The van der Waals surface area contributed by atoms with Gasteiger partial charge in [0.05, 0.1) is 24.5 Å². The van der Waals surface area contributed by atoms with Crippen LogP contribution < -0.4 is 15.1 Å². The van der Waals surface area contributed by atoms with Crippen LogP contribution in [-0.2, 0) is 14.3 Å². The third-order valence-corrected chi connectivity index (χ3v) is 6.78. The van der Waals surface area contributed by atoms with Crippen molar-refractivity contribution < 1.29 is 41.0 Å². The van der Waals surface area contributed by atoms with Gasteiger partial charge in [-0.2, -0.15) is 13.2 Å². The zero-order valence-electron chi connectivity index (χ0n) is 22.6. The number of benzene rings is 1. The molecule has 42 heavy (non-hydrogen) atoms. The number of nitrogens with zero attached hydrogens (tertiary/aromatic N) is 4. The summed E-state index contributed by atoms with van der Waals surface area (Å²) in [6.45, 7) is 6.69. The van der Waals surface area contributed by atoms with E-state index in [4.69, 9.17) is 4.74 Å². The number of amides is 2. The maximum atomic E-state index is 15.1. The molecule has 2 aromatic rings. The molecule has 2 aliphatic heterocycles. The fraction of sp³-hybridized carbons (Fsp3) is 0.393. The standard InChI is InChI=1S/C28H30F5N5O4/c1-18(41-17-28(31,32)33)5-6-22-16-38(27(40)42-22)21-12-23(29)26(24(30)13-21)37-10-8-36(9-11-37)25(39)15-35-19(2)20-4-3-7-34-14-20/h3-4,7,12-14,22,35H,1-2,5-6,8-11,15-17H2/t22-/m0/s1. The molecule has 2 saturated heterocycles.